The number of carbonyl (C=O) groups excluding carboxylic acids is 3. The molecule has 7 heteroatoms. The summed E-state index contributed by atoms with van der Waals surface area (Å²) in [5, 5.41) is 4.83. The summed E-state index contributed by atoms with van der Waals surface area (Å²) >= 11 is 0. The summed E-state index contributed by atoms with van der Waals surface area (Å²) in [6.07, 6.45) is 0.685. The minimum absolute atomic E-state index is 0.0950. The minimum atomic E-state index is -0.777. The molecule has 0 fully saturated rings. The Balaban J connectivity index is 4.65. The van der Waals surface area contributed by atoms with Gasteiger partial charge in [0.15, 0.2) is 0 Å². The smallest absolute Gasteiger partial charge is 0.328 e. The van der Waals surface area contributed by atoms with Gasteiger partial charge in [-0.2, -0.15) is 0 Å². The second kappa shape index (κ2) is 7.52. The lowest BCUT2D eigenvalue weighted by Gasteiger charge is -2.23. The number of hydrogen-bond donors (Lipinski definition) is 3. The van der Waals surface area contributed by atoms with Crippen LogP contribution in [0.3, 0.4) is 0 Å². The zero-order valence-corrected chi connectivity index (χ0v) is 11.1. The summed E-state index contributed by atoms with van der Waals surface area (Å²) in [4.78, 5) is 34.0. The Hall–Kier alpha value is -1.79. The van der Waals surface area contributed by atoms with Crippen LogP contribution in [0.5, 0.6) is 0 Å². The molecule has 0 aromatic carbocycles. The minimum Gasteiger partial charge on any atom is -0.467 e. The van der Waals surface area contributed by atoms with Crippen molar-refractivity contribution in [3.8, 4) is 0 Å². The zero-order chi connectivity index (χ0) is 14.3. The molecule has 0 heterocycles. The fraction of sp³-hybridized carbons (Fsp3) is 0.727. The Morgan fingerprint density at radius 2 is 1.78 bits per heavy atom. The Morgan fingerprint density at radius 3 is 2.17 bits per heavy atom. The highest BCUT2D eigenvalue weighted by Crippen LogP contribution is 2.08. The summed E-state index contributed by atoms with van der Waals surface area (Å²) in [6.45, 7) is 5.20. The third-order valence-electron chi connectivity index (χ3n) is 2.71. The molecule has 0 radical (unpaired) electrons. The quantitative estimate of drug-likeness (QED) is 0.571. The van der Waals surface area contributed by atoms with Crippen LogP contribution in [-0.4, -0.2) is 37.1 Å². The lowest BCUT2D eigenvalue weighted by Crippen LogP contribution is -2.54. The Labute approximate surface area is 106 Å². The van der Waals surface area contributed by atoms with Crippen LogP contribution >= 0.6 is 0 Å². The van der Waals surface area contributed by atoms with Crippen LogP contribution in [0.1, 0.15) is 27.2 Å². The first-order valence-electron chi connectivity index (χ1n) is 5.77. The molecular formula is C11H21N3O4. The van der Waals surface area contributed by atoms with E-state index in [0.29, 0.717) is 6.42 Å². The van der Waals surface area contributed by atoms with Gasteiger partial charge in [0.25, 0.3) is 0 Å². The van der Waals surface area contributed by atoms with Gasteiger partial charge >= 0.3 is 12.0 Å². The maximum Gasteiger partial charge on any atom is 0.328 e. The van der Waals surface area contributed by atoms with Crippen molar-refractivity contribution >= 4 is 17.9 Å². The Bertz CT molecular complexity index is 319. The highest BCUT2D eigenvalue weighted by atomic mass is 16.5. The average Bonchev–Trinajstić information content (AvgIpc) is 2.33. The van der Waals surface area contributed by atoms with Crippen LogP contribution in [0, 0.1) is 5.92 Å². The van der Waals surface area contributed by atoms with Gasteiger partial charge in [-0.15, -0.1) is 0 Å². The van der Waals surface area contributed by atoms with Gasteiger partial charge in [0.2, 0.25) is 5.91 Å². The van der Waals surface area contributed by atoms with E-state index >= 15 is 0 Å². The third kappa shape index (κ3) is 5.03. The fourth-order valence-electron chi connectivity index (χ4n) is 1.39. The van der Waals surface area contributed by atoms with E-state index < -0.39 is 30.0 Å². The summed E-state index contributed by atoms with van der Waals surface area (Å²) in [5.41, 5.74) is 5.02. The molecule has 7 nitrogen and oxygen atoms in total. The summed E-state index contributed by atoms with van der Waals surface area (Å²) in [7, 11) is 1.23. The number of amides is 3. The van der Waals surface area contributed by atoms with Crippen molar-refractivity contribution in [3.05, 3.63) is 0 Å². The van der Waals surface area contributed by atoms with Crippen molar-refractivity contribution in [1.82, 2.24) is 10.6 Å². The van der Waals surface area contributed by atoms with E-state index in [2.05, 4.69) is 15.4 Å². The maximum absolute atomic E-state index is 11.9. The first-order valence-corrected chi connectivity index (χ1v) is 5.77. The standard InChI is InChI=1S/C11H21N3O4/c1-5-6(2)8(14-11(12)17)9(15)13-7(3)10(16)18-4/h6-8H,5H2,1-4H3,(H,13,15)(H3,12,14,17)/t6?,7-,8?/m1/s1. The van der Waals surface area contributed by atoms with E-state index in [1.54, 1.807) is 0 Å². The molecule has 18 heavy (non-hydrogen) atoms. The highest BCUT2D eigenvalue weighted by Gasteiger charge is 2.27. The molecule has 0 aromatic heterocycles. The van der Waals surface area contributed by atoms with E-state index in [4.69, 9.17) is 5.73 Å². The van der Waals surface area contributed by atoms with E-state index in [9.17, 15) is 14.4 Å². The van der Waals surface area contributed by atoms with Crippen molar-refractivity contribution < 1.29 is 19.1 Å². The molecule has 0 aliphatic carbocycles. The van der Waals surface area contributed by atoms with Crippen molar-refractivity contribution in [2.45, 2.75) is 39.3 Å². The number of methoxy groups -OCH3 is 1. The second-order valence-corrected chi connectivity index (χ2v) is 4.13. The lowest BCUT2D eigenvalue weighted by atomic mass is 9.98. The molecule has 0 aliphatic heterocycles. The Kier molecular flexibility index (Phi) is 6.77. The van der Waals surface area contributed by atoms with Gasteiger partial charge in [0.05, 0.1) is 7.11 Å². The molecule has 0 bridgehead atoms. The number of hydrogen-bond acceptors (Lipinski definition) is 4. The van der Waals surface area contributed by atoms with E-state index in [1.165, 1.54) is 14.0 Å². The van der Waals surface area contributed by atoms with Crippen LogP contribution in [0.15, 0.2) is 0 Å². The molecule has 0 aliphatic rings. The van der Waals surface area contributed by atoms with Crippen LogP contribution in [-0.2, 0) is 14.3 Å². The van der Waals surface area contributed by atoms with Crippen molar-refractivity contribution in [2.75, 3.05) is 7.11 Å². The number of rotatable bonds is 6. The molecule has 3 atom stereocenters. The lowest BCUT2D eigenvalue weighted by molar-refractivity contribution is -0.144. The van der Waals surface area contributed by atoms with Crippen LogP contribution in [0.2, 0.25) is 0 Å². The van der Waals surface area contributed by atoms with Gasteiger partial charge in [-0.3, -0.25) is 4.79 Å². The third-order valence-corrected chi connectivity index (χ3v) is 2.71. The van der Waals surface area contributed by atoms with E-state index in [1.807, 2.05) is 13.8 Å². The molecule has 104 valence electrons. The topological polar surface area (TPSA) is 111 Å². The van der Waals surface area contributed by atoms with Crippen LogP contribution in [0.4, 0.5) is 4.79 Å². The van der Waals surface area contributed by atoms with Crippen molar-refractivity contribution in [2.24, 2.45) is 11.7 Å². The molecule has 0 rings (SSSR count). The van der Waals surface area contributed by atoms with Gasteiger partial charge in [-0.25, -0.2) is 9.59 Å². The predicted octanol–water partition coefficient (Wildman–Crippen LogP) is -0.253. The predicted molar refractivity (Wildman–Crippen MR) is 65.6 cm³/mol. The normalized spacial score (nSPS) is 15.1. The highest BCUT2D eigenvalue weighted by molar-refractivity contribution is 5.90. The molecular weight excluding hydrogens is 238 g/mol. The summed E-state index contributed by atoms with van der Waals surface area (Å²) in [5.74, 6) is -1.10. The number of primary amides is 1. The fourth-order valence-corrected chi connectivity index (χ4v) is 1.39. The first kappa shape index (κ1) is 16.2. The summed E-state index contributed by atoms with van der Waals surface area (Å²) < 4.78 is 4.49. The van der Waals surface area contributed by atoms with Gasteiger partial charge in [0.1, 0.15) is 12.1 Å². The molecule has 0 saturated heterocycles. The van der Waals surface area contributed by atoms with Gasteiger partial charge in [0, 0.05) is 0 Å². The summed E-state index contributed by atoms with van der Waals surface area (Å²) in [6, 6.07) is -2.32. The van der Waals surface area contributed by atoms with Gasteiger partial charge in [-0.05, 0) is 12.8 Å². The number of ether oxygens (including phenoxy) is 1. The van der Waals surface area contributed by atoms with Gasteiger partial charge < -0.3 is 21.1 Å². The second-order valence-electron chi connectivity index (χ2n) is 4.13. The van der Waals surface area contributed by atoms with Crippen LogP contribution < -0.4 is 16.4 Å². The molecule has 4 N–H and O–H groups in total. The molecule has 3 amide bonds. The van der Waals surface area contributed by atoms with Crippen LogP contribution in [0.25, 0.3) is 0 Å². The molecule has 0 saturated carbocycles. The largest absolute Gasteiger partial charge is 0.467 e. The number of esters is 1. The van der Waals surface area contributed by atoms with Crippen molar-refractivity contribution in [3.63, 3.8) is 0 Å². The molecule has 2 unspecified atom stereocenters. The number of nitrogens with two attached hydrogens (primary N) is 1. The monoisotopic (exact) mass is 259 g/mol. The average molecular weight is 259 g/mol. The zero-order valence-electron chi connectivity index (χ0n) is 11.1. The number of carbonyl (C=O) groups is 3. The number of nitrogens with one attached hydrogen (secondary N) is 2. The van der Waals surface area contributed by atoms with Crippen molar-refractivity contribution in [1.29, 1.82) is 0 Å². The van der Waals surface area contributed by atoms with E-state index in [-0.39, 0.29) is 5.92 Å². The Morgan fingerprint density at radius 1 is 1.22 bits per heavy atom. The maximum atomic E-state index is 11.9. The first-order chi connectivity index (χ1) is 8.33. The molecule has 0 aromatic rings. The number of urea groups is 1. The van der Waals surface area contributed by atoms with Gasteiger partial charge in [-0.1, -0.05) is 20.3 Å². The van der Waals surface area contributed by atoms with E-state index in [0.717, 1.165) is 0 Å². The SMILES string of the molecule is CCC(C)C(NC(N)=O)C(=O)N[C@H](C)C(=O)OC. The molecule has 0 spiro atoms.